The smallest absolute Gasteiger partial charge is 0.123 e. The summed E-state index contributed by atoms with van der Waals surface area (Å²) in [5.74, 6) is 0.373. The van der Waals surface area contributed by atoms with Gasteiger partial charge in [0, 0.05) is 13.1 Å². The molecule has 0 saturated carbocycles. The van der Waals surface area contributed by atoms with Gasteiger partial charge < -0.3 is 4.74 Å². The number of nitrogens with zero attached hydrogens (tertiary/aromatic N) is 1. The highest BCUT2D eigenvalue weighted by molar-refractivity contribution is 5.63. The molecule has 1 saturated heterocycles. The third kappa shape index (κ3) is 4.65. The summed E-state index contributed by atoms with van der Waals surface area (Å²) in [6, 6.07) is 15.4. The highest BCUT2D eigenvalue weighted by atomic mass is 19.1. The van der Waals surface area contributed by atoms with E-state index in [9.17, 15) is 4.39 Å². The van der Waals surface area contributed by atoms with Crippen molar-refractivity contribution in [1.82, 2.24) is 4.90 Å². The first-order chi connectivity index (χ1) is 11.7. The Morgan fingerprint density at radius 1 is 0.958 bits per heavy atom. The van der Waals surface area contributed by atoms with Crippen LogP contribution in [0.3, 0.4) is 0 Å². The van der Waals surface area contributed by atoms with Crippen LogP contribution < -0.4 is 0 Å². The Balaban J connectivity index is 1.51. The molecule has 24 heavy (non-hydrogen) atoms. The van der Waals surface area contributed by atoms with Crippen molar-refractivity contribution in [2.24, 2.45) is 0 Å². The van der Waals surface area contributed by atoms with E-state index >= 15 is 0 Å². The minimum atomic E-state index is -0.190. The van der Waals surface area contributed by atoms with Gasteiger partial charge in [-0.05, 0) is 54.1 Å². The van der Waals surface area contributed by atoms with Gasteiger partial charge in [-0.25, -0.2) is 4.39 Å². The number of ether oxygens (including phenoxy) is 1. The van der Waals surface area contributed by atoms with E-state index in [-0.39, 0.29) is 5.82 Å². The van der Waals surface area contributed by atoms with Crippen LogP contribution in [0.4, 0.5) is 4.39 Å². The first-order valence-corrected chi connectivity index (χ1v) is 8.88. The Hall–Kier alpha value is -1.71. The highest BCUT2D eigenvalue weighted by Gasteiger charge is 2.11. The van der Waals surface area contributed by atoms with Gasteiger partial charge in [-0.15, -0.1) is 0 Å². The van der Waals surface area contributed by atoms with Crippen molar-refractivity contribution >= 4 is 0 Å². The minimum Gasteiger partial charge on any atom is -0.379 e. The predicted octanol–water partition coefficient (Wildman–Crippen LogP) is 4.71. The highest BCUT2D eigenvalue weighted by Crippen LogP contribution is 2.25. The summed E-state index contributed by atoms with van der Waals surface area (Å²) in [4.78, 5) is 2.49. The SMILES string of the molecule is CC(CCCN1CCOCC1)c1ccc(-c2ccc(F)cc2)cc1. The summed E-state index contributed by atoms with van der Waals surface area (Å²) < 4.78 is 18.4. The standard InChI is InChI=1S/C21H26FNO/c1-17(3-2-12-23-13-15-24-16-14-23)18-4-6-19(7-5-18)20-8-10-21(22)11-9-20/h4-11,17H,2-3,12-16H2,1H3. The molecule has 0 N–H and O–H groups in total. The molecule has 2 aromatic rings. The van der Waals surface area contributed by atoms with Crippen LogP contribution in [0.2, 0.25) is 0 Å². The van der Waals surface area contributed by atoms with Gasteiger partial charge in [-0.2, -0.15) is 0 Å². The molecule has 0 bridgehead atoms. The first-order valence-electron chi connectivity index (χ1n) is 8.88. The molecular weight excluding hydrogens is 301 g/mol. The van der Waals surface area contributed by atoms with Gasteiger partial charge in [0.2, 0.25) is 0 Å². The second-order valence-corrected chi connectivity index (χ2v) is 6.63. The van der Waals surface area contributed by atoms with Crippen LogP contribution in [0.5, 0.6) is 0 Å². The van der Waals surface area contributed by atoms with Crippen molar-refractivity contribution in [3.05, 3.63) is 59.9 Å². The lowest BCUT2D eigenvalue weighted by atomic mass is 9.94. The molecular formula is C21H26FNO. The lowest BCUT2D eigenvalue weighted by Gasteiger charge is -2.26. The van der Waals surface area contributed by atoms with Crippen molar-refractivity contribution in [3.63, 3.8) is 0 Å². The minimum absolute atomic E-state index is 0.190. The van der Waals surface area contributed by atoms with Crippen molar-refractivity contribution in [2.75, 3.05) is 32.8 Å². The number of hydrogen-bond donors (Lipinski definition) is 0. The third-order valence-corrected chi connectivity index (χ3v) is 4.87. The lowest BCUT2D eigenvalue weighted by molar-refractivity contribution is 0.0370. The molecule has 0 spiro atoms. The Bertz CT molecular complexity index is 617. The van der Waals surface area contributed by atoms with Crippen LogP contribution >= 0.6 is 0 Å². The summed E-state index contributed by atoms with van der Waals surface area (Å²) >= 11 is 0. The molecule has 2 aromatic carbocycles. The molecule has 128 valence electrons. The Morgan fingerprint density at radius 3 is 2.17 bits per heavy atom. The lowest BCUT2D eigenvalue weighted by Crippen LogP contribution is -2.36. The molecule has 3 rings (SSSR count). The fraction of sp³-hybridized carbons (Fsp3) is 0.429. The van der Waals surface area contributed by atoms with Crippen LogP contribution in [0.1, 0.15) is 31.2 Å². The van der Waals surface area contributed by atoms with Crippen LogP contribution in [0.25, 0.3) is 11.1 Å². The summed E-state index contributed by atoms with van der Waals surface area (Å²) in [5, 5.41) is 0. The van der Waals surface area contributed by atoms with E-state index in [0.29, 0.717) is 5.92 Å². The topological polar surface area (TPSA) is 12.5 Å². The van der Waals surface area contributed by atoms with Gasteiger partial charge >= 0.3 is 0 Å². The molecule has 1 fully saturated rings. The summed E-state index contributed by atoms with van der Waals surface area (Å²) in [6.07, 6.45) is 2.42. The van der Waals surface area contributed by atoms with Crippen molar-refractivity contribution in [3.8, 4) is 11.1 Å². The molecule has 2 nitrogen and oxygen atoms in total. The van der Waals surface area contributed by atoms with E-state index in [4.69, 9.17) is 4.74 Å². The van der Waals surface area contributed by atoms with Gasteiger partial charge in [-0.1, -0.05) is 43.3 Å². The van der Waals surface area contributed by atoms with Crippen LogP contribution in [0.15, 0.2) is 48.5 Å². The van der Waals surface area contributed by atoms with E-state index in [0.717, 1.165) is 37.4 Å². The second-order valence-electron chi connectivity index (χ2n) is 6.63. The molecule has 1 aliphatic rings. The molecule has 0 amide bonds. The Morgan fingerprint density at radius 2 is 1.54 bits per heavy atom. The average Bonchev–Trinajstić information content (AvgIpc) is 2.63. The molecule has 1 aliphatic heterocycles. The van der Waals surface area contributed by atoms with Crippen LogP contribution in [-0.4, -0.2) is 37.7 Å². The largest absolute Gasteiger partial charge is 0.379 e. The van der Waals surface area contributed by atoms with E-state index in [1.54, 1.807) is 0 Å². The second kappa shape index (κ2) is 8.41. The number of halogens is 1. The molecule has 0 radical (unpaired) electrons. The van der Waals surface area contributed by atoms with Crippen molar-refractivity contribution in [2.45, 2.75) is 25.7 Å². The maximum atomic E-state index is 13.0. The zero-order valence-corrected chi connectivity index (χ0v) is 14.4. The van der Waals surface area contributed by atoms with Crippen molar-refractivity contribution < 1.29 is 9.13 Å². The molecule has 1 unspecified atom stereocenters. The number of morpholine rings is 1. The van der Waals surface area contributed by atoms with Gasteiger partial charge in [0.05, 0.1) is 13.2 Å². The van der Waals surface area contributed by atoms with Gasteiger partial charge in [-0.3, -0.25) is 4.90 Å². The Kier molecular flexibility index (Phi) is 6.00. The van der Waals surface area contributed by atoms with Crippen LogP contribution in [-0.2, 0) is 4.74 Å². The molecule has 1 heterocycles. The summed E-state index contributed by atoms with van der Waals surface area (Å²) in [7, 11) is 0. The third-order valence-electron chi connectivity index (χ3n) is 4.87. The average molecular weight is 327 g/mol. The zero-order valence-electron chi connectivity index (χ0n) is 14.4. The van der Waals surface area contributed by atoms with Gasteiger partial charge in [0.1, 0.15) is 5.82 Å². The summed E-state index contributed by atoms with van der Waals surface area (Å²) in [6.45, 7) is 7.36. The van der Waals surface area contributed by atoms with E-state index in [1.165, 1.54) is 37.1 Å². The van der Waals surface area contributed by atoms with Gasteiger partial charge in [0.15, 0.2) is 0 Å². The maximum Gasteiger partial charge on any atom is 0.123 e. The number of benzene rings is 2. The van der Waals surface area contributed by atoms with E-state index in [1.807, 2.05) is 12.1 Å². The molecule has 3 heteroatoms. The molecule has 1 atom stereocenters. The quantitative estimate of drug-likeness (QED) is 0.762. The zero-order chi connectivity index (χ0) is 16.8. The number of hydrogen-bond acceptors (Lipinski definition) is 2. The van der Waals surface area contributed by atoms with E-state index < -0.39 is 0 Å². The normalized spacial score (nSPS) is 16.9. The predicted molar refractivity (Wildman–Crippen MR) is 96.7 cm³/mol. The van der Waals surface area contributed by atoms with Crippen LogP contribution in [0, 0.1) is 5.82 Å². The fourth-order valence-electron chi connectivity index (χ4n) is 3.26. The number of rotatable bonds is 6. The molecule has 0 aromatic heterocycles. The monoisotopic (exact) mass is 327 g/mol. The summed E-state index contributed by atoms with van der Waals surface area (Å²) in [5.41, 5.74) is 3.57. The maximum absolute atomic E-state index is 13.0. The first kappa shape index (κ1) is 17.1. The van der Waals surface area contributed by atoms with Crippen molar-refractivity contribution in [1.29, 1.82) is 0 Å². The van der Waals surface area contributed by atoms with E-state index in [2.05, 4.69) is 36.1 Å². The Labute approximate surface area is 144 Å². The molecule has 0 aliphatic carbocycles. The fourth-order valence-corrected chi connectivity index (χ4v) is 3.26. The van der Waals surface area contributed by atoms with Gasteiger partial charge in [0.25, 0.3) is 0 Å².